The SMILES string of the molecule is CC1CCC(CBr)(NC(=O)C2CCC(C)O2)CC1. The van der Waals surface area contributed by atoms with Gasteiger partial charge >= 0.3 is 0 Å². The summed E-state index contributed by atoms with van der Waals surface area (Å²) in [5.41, 5.74) is -0.0429. The van der Waals surface area contributed by atoms with Gasteiger partial charge in [0.25, 0.3) is 0 Å². The predicted octanol–water partition coefficient (Wildman–Crippen LogP) is 3.01. The summed E-state index contributed by atoms with van der Waals surface area (Å²) in [5.74, 6) is 0.880. The molecule has 3 nitrogen and oxygen atoms in total. The first-order valence-electron chi connectivity index (χ1n) is 7.08. The second-order valence-electron chi connectivity index (χ2n) is 6.10. The number of amides is 1. The van der Waals surface area contributed by atoms with Crippen LogP contribution in [0.3, 0.4) is 0 Å². The number of halogens is 1. The quantitative estimate of drug-likeness (QED) is 0.813. The van der Waals surface area contributed by atoms with E-state index >= 15 is 0 Å². The molecule has 2 atom stereocenters. The maximum atomic E-state index is 12.2. The van der Waals surface area contributed by atoms with E-state index in [0.717, 1.165) is 36.9 Å². The minimum absolute atomic E-state index is 0.0429. The lowest BCUT2D eigenvalue weighted by Crippen LogP contribution is -2.54. The number of hydrogen-bond donors (Lipinski definition) is 1. The van der Waals surface area contributed by atoms with E-state index in [4.69, 9.17) is 4.74 Å². The normalized spacial score (nSPS) is 40.7. The first kappa shape index (κ1) is 14.3. The molecule has 2 fully saturated rings. The van der Waals surface area contributed by atoms with Crippen molar-refractivity contribution in [1.82, 2.24) is 5.32 Å². The minimum atomic E-state index is -0.227. The molecule has 2 aliphatic rings. The Bertz CT molecular complexity index is 300. The maximum Gasteiger partial charge on any atom is 0.249 e. The van der Waals surface area contributed by atoms with Crippen LogP contribution in [-0.4, -0.2) is 29.0 Å². The standard InChI is InChI=1S/C14H24BrNO2/c1-10-5-7-14(9-15,8-6-10)16-13(17)12-4-3-11(2)18-12/h10-12H,3-9H2,1-2H3,(H,16,17). The number of ether oxygens (including phenoxy) is 1. The van der Waals surface area contributed by atoms with Crippen molar-refractivity contribution in [1.29, 1.82) is 0 Å². The zero-order valence-corrected chi connectivity index (χ0v) is 13.0. The Morgan fingerprint density at radius 1 is 1.28 bits per heavy atom. The Morgan fingerprint density at radius 2 is 1.94 bits per heavy atom. The fourth-order valence-corrected chi connectivity index (χ4v) is 3.64. The minimum Gasteiger partial charge on any atom is -0.365 e. The number of nitrogens with one attached hydrogen (secondary N) is 1. The first-order chi connectivity index (χ1) is 8.54. The van der Waals surface area contributed by atoms with E-state index in [2.05, 4.69) is 28.2 Å². The van der Waals surface area contributed by atoms with E-state index in [1.807, 2.05) is 6.92 Å². The zero-order chi connectivity index (χ0) is 13.2. The summed E-state index contributed by atoms with van der Waals surface area (Å²) in [6.07, 6.45) is 6.42. The van der Waals surface area contributed by atoms with Crippen molar-refractivity contribution < 1.29 is 9.53 Å². The van der Waals surface area contributed by atoms with Crippen molar-refractivity contribution in [2.24, 2.45) is 5.92 Å². The molecule has 1 N–H and O–H groups in total. The van der Waals surface area contributed by atoms with Crippen molar-refractivity contribution in [3.63, 3.8) is 0 Å². The largest absolute Gasteiger partial charge is 0.365 e. The molecule has 1 heterocycles. The van der Waals surface area contributed by atoms with E-state index in [9.17, 15) is 4.79 Å². The van der Waals surface area contributed by atoms with Crippen LogP contribution in [-0.2, 0) is 9.53 Å². The fraction of sp³-hybridized carbons (Fsp3) is 0.929. The molecule has 0 aromatic heterocycles. The third kappa shape index (κ3) is 3.27. The molecular formula is C14H24BrNO2. The summed E-state index contributed by atoms with van der Waals surface area (Å²) < 4.78 is 5.65. The Balaban J connectivity index is 1.91. The summed E-state index contributed by atoms with van der Waals surface area (Å²) in [5, 5.41) is 4.10. The monoisotopic (exact) mass is 317 g/mol. The van der Waals surface area contributed by atoms with Crippen LogP contribution in [0.2, 0.25) is 0 Å². The summed E-state index contributed by atoms with van der Waals surface area (Å²) in [4.78, 5) is 12.2. The molecule has 0 bridgehead atoms. The molecule has 1 aliphatic heterocycles. The van der Waals surface area contributed by atoms with Crippen molar-refractivity contribution in [3.8, 4) is 0 Å². The second-order valence-corrected chi connectivity index (χ2v) is 6.66. The topological polar surface area (TPSA) is 38.3 Å². The van der Waals surface area contributed by atoms with Gasteiger partial charge in [-0.05, 0) is 51.4 Å². The summed E-state index contributed by atoms with van der Waals surface area (Å²) in [7, 11) is 0. The van der Waals surface area contributed by atoms with Crippen LogP contribution in [0, 0.1) is 5.92 Å². The number of rotatable bonds is 3. The van der Waals surface area contributed by atoms with Gasteiger partial charge < -0.3 is 10.1 Å². The Kier molecular flexibility index (Phi) is 4.70. The molecule has 0 radical (unpaired) electrons. The highest BCUT2D eigenvalue weighted by Crippen LogP contribution is 2.33. The molecule has 0 spiro atoms. The van der Waals surface area contributed by atoms with E-state index in [1.165, 1.54) is 12.8 Å². The van der Waals surface area contributed by atoms with Crippen molar-refractivity contribution in [2.45, 2.75) is 70.1 Å². The van der Waals surface area contributed by atoms with Crippen molar-refractivity contribution in [3.05, 3.63) is 0 Å². The van der Waals surface area contributed by atoms with Crippen LogP contribution in [0.25, 0.3) is 0 Å². The van der Waals surface area contributed by atoms with Crippen LogP contribution in [0.4, 0.5) is 0 Å². The number of alkyl halides is 1. The van der Waals surface area contributed by atoms with Gasteiger partial charge in [0, 0.05) is 10.9 Å². The first-order valence-corrected chi connectivity index (χ1v) is 8.20. The second kappa shape index (κ2) is 5.91. The molecule has 4 heteroatoms. The fourth-order valence-electron chi connectivity index (χ4n) is 2.94. The maximum absolute atomic E-state index is 12.2. The van der Waals surface area contributed by atoms with Gasteiger partial charge in [-0.1, -0.05) is 22.9 Å². The highest BCUT2D eigenvalue weighted by atomic mass is 79.9. The smallest absolute Gasteiger partial charge is 0.249 e. The lowest BCUT2D eigenvalue weighted by molar-refractivity contribution is -0.134. The van der Waals surface area contributed by atoms with Crippen molar-refractivity contribution in [2.75, 3.05) is 5.33 Å². The van der Waals surface area contributed by atoms with E-state index in [-0.39, 0.29) is 23.7 Å². The number of carbonyl (C=O) groups is 1. The van der Waals surface area contributed by atoms with Gasteiger partial charge in [-0.15, -0.1) is 0 Å². The lowest BCUT2D eigenvalue weighted by Gasteiger charge is -2.39. The average molecular weight is 318 g/mol. The van der Waals surface area contributed by atoms with E-state index < -0.39 is 0 Å². The lowest BCUT2D eigenvalue weighted by atomic mass is 9.78. The molecule has 2 unspecified atom stereocenters. The third-order valence-corrected chi connectivity index (χ3v) is 5.47. The van der Waals surface area contributed by atoms with Crippen molar-refractivity contribution >= 4 is 21.8 Å². The Labute approximate surface area is 118 Å². The summed E-state index contributed by atoms with van der Waals surface area (Å²) >= 11 is 3.58. The highest BCUT2D eigenvalue weighted by Gasteiger charge is 2.37. The molecule has 104 valence electrons. The Morgan fingerprint density at radius 3 is 2.44 bits per heavy atom. The van der Waals surface area contributed by atoms with E-state index in [1.54, 1.807) is 0 Å². The van der Waals surface area contributed by atoms with Gasteiger partial charge in [-0.3, -0.25) is 4.79 Å². The van der Waals surface area contributed by atoms with Gasteiger partial charge in [0.1, 0.15) is 6.10 Å². The van der Waals surface area contributed by atoms with Crippen LogP contribution >= 0.6 is 15.9 Å². The molecule has 2 rings (SSSR count). The number of hydrogen-bond acceptors (Lipinski definition) is 2. The molecule has 1 saturated heterocycles. The zero-order valence-electron chi connectivity index (χ0n) is 11.4. The Hall–Kier alpha value is -0.0900. The molecule has 0 aromatic carbocycles. The van der Waals surface area contributed by atoms with Gasteiger partial charge in [-0.2, -0.15) is 0 Å². The number of carbonyl (C=O) groups excluding carboxylic acids is 1. The highest BCUT2D eigenvalue weighted by molar-refractivity contribution is 9.09. The van der Waals surface area contributed by atoms with Crippen LogP contribution in [0.1, 0.15) is 52.4 Å². The molecule has 1 aliphatic carbocycles. The third-order valence-electron chi connectivity index (χ3n) is 4.40. The molecule has 1 amide bonds. The van der Waals surface area contributed by atoms with Gasteiger partial charge in [0.15, 0.2) is 0 Å². The predicted molar refractivity (Wildman–Crippen MR) is 75.9 cm³/mol. The molecule has 1 saturated carbocycles. The van der Waals surface area contributed by atoms with Gasteiger partial charge in [-0.25, -0.2) is 0 Å². The van der Waals surface area contributed by atoms with Crippen LogP contribution < -0.4 is 5.32 Å². The summed E-state index contributed by atoms with van der Waals surface area (Å²) in [6, 6.07) is 0. The van der Waals surface area contributed by atoms with Gasteiger partial charge in [0.2, 0.25) is 5.91 Å². The van der Waals surface area contributed by atoms with Crippen LogP contribution in [0.15, 0.2) is 0 Å². The van der Waals surface area contributed by atoms with E-state index in [0.29, 0.717) is 0 Å². The average Bonchev–Trinajstić information content (AvgIpc) is 2.79. The molecular weight excluding hydrogens is 294 g/mol. The molecule has 0 aromatic rings. The van der Waals surface area contributed by atoms with Crippen LogP contribution in [0.5, 0.6) is 0 Å². The van der Waals surface area contributed by atoms with Gasteiger partial charge in [0.05, 0.1) is 6.10 Å². The molecule has 18 heavy (non-hydrogen) atoms. The summed E-state index contributed by atoms with van der Waals surface area (Å²) in [6.45, 7) is 4.33.